The molecule has 0 spiro atoms. The molecule has 0 radical (unpaired) electrons. The predicted octanol–water partition coefficient (Wildman–Crippen LogP) is 13.3. The van der Waals surface area contributed by atoms with Gasteiger partial charge in [-0.15, -0.1) is 0 Å². The number of amides is 1. The highest BCUT2D eigenvalue weighted by Crippen LogP contribution is 2.19. The largest absolute Gasteiger partial charge is 0.462 e. The van der Waals surface area contributed by atoms with E-state index in [4.69, 9.17) is 9.47 Å². The van der Waals surface area contributed by atoms with E-state index in [9.17, 15) is 14.4 Å². The van der Waals surface area contributed by atoms with Crippen LogP contribution in [0.1, 0.15) is 259 Å². The van der Waals surface area contributed by atoms with E-state index in [0.717, 1.165) is 110 Å². The van der Waals surface area contributed by atoms with E-state index in [2.05, 4.69) is 48.2 Å². The predicted molar refractivity (Wildman–Crippen MR) is 254 cm³/mol. The maximum atomic E-state index is 12.9. The second-order valence-corrected chi connectivity index (χ2v) is 18.0. The van der Waals surface area contributed by atoms with Crippen molar-refractivity contribution >= 4 is 23.8 Å². The molecule has 0 fully saturated rings. The number of guanidine groups is 1. The molecule has 1 aliphatic heterocycles. The van der Waals surface area contributed by atoms with Gasteiger partial charge in [0.05, 0.1) is 0 Å². The molecule has 1 amide bonds. The Morgan fingerprint density at radius 3 is 1.42 bits per heavy atom. The SMILES string of the molecule is CCCCCCCCC(CC)OC(=O)CCCCCCCN(CCCCCCCC(=O)OC(CCCCCCCC)CCCCCCCC)CCCNC1=NC(=O)CCN1. The van der Waals surface area contributed by atoms with Crippen molar-refractivity contribution in [2.75, 3.05) is 32.7 Å². The van der Waals surface area contributed by atoms with E-state index >= 15 is 0 Å². The number of rotatable bonds is 44. The molecule has 1 unspecified atom stereocenters. The highest BCUT2D eigenvalue weighted by atomic mass is 16.5. The molecule has 0 aromatic rings. The Hall–Kier alpha value is -2.16. The van der Waals surface area contributed by atoms with Gasteiger partial charge in [-0.3, -0.25) is 14.4 Å². The van der Waals surface area contributed by atoms with Gasteiger partial charge >= 0.3 is 11.9 Å². The Morgan fingerprint density at radius 1 is 0.550 bits per heavy atom. The van der Waals surface area contributed by atoms with Crippen LogP contribution in [0.2, 0.25) is 0 Å². The molecule has 2 N–H and O–H groups in total. The number of nitrogens with one attached hydrogen (secondary N) is 2. The van der Waals surface area contributed by atoms with Crippen LogP contribution in [0.3, 0.4) is 0 Å². The number of nitrogens with zero attached hydrogens (tertiary/aromatic N) is 2. The molecule has 1 aliphatic rings. The minimum absolute atomic E-state index is 0.0133. The molecule has 0 aliphatic carbocycles. The first-order valence-corrected chi connectivity index (χ1v) is 26.1. The van der Waals surface area contributed by atoms with Crippen molar-refractivity contribution in [3.63, 3.8) is 0 Å². The lowest BCUT2D eigenvalue weighted by Gasteiger charge is -2.23. The van der Waals surface area contributed by atoms with Crippen LogP contribution in [0.15, 0.2) is 4.99 Å². The van der Waals surface area contributed by atoms with Crippen molar-refractivity contribution in [2.24, 2.45) is 4.99 Å². The summed E-state index contributed by atoms with van der Waals surface area (Å²) in [6.07, 6.45) is 40.6. The van der Waals surface area contributed by atoms with Gasteiger partial charge in [-0.05, 0) is 96.7 Å². The summed E-state index contributed by atoms with van der Waals surface area (Å²) in [5.74, 6) is 0.549. The number of hydrogen-bond donors (Lipinski definition) is 2. The molecule has 0 aromatic heterocycles. The number of carbonyl (C=O) groups excluding carboxylic acids is 3. The molecule has 1 atom stereocenters. The van der Waals surface area contributed by atoms with Gasteiger partial charge in [-0.25, -0.2) is 0 Å². The van der Waals surface area contributed by atoms with Crippen LogP contribution in [0.4, 0.5) is 0 Å². The first-order valence-electron chi connectivity index (χ1n) is 26.1. The number of hydrogen-bond acceptors (Lipinski definition) is 8. The summed E-state index contributed by atoms with van der Waals surface area (Å²) < 4.78 is 11.9. The van der Waals surface area contributed by atoms with Crippen LogP contribution in [-0.2, 0) is 23.9 Å². The lowest BCUT2D eigenvalue weighted by atomic mass is 10.0. The van der Waals surface area contributed by atoms with Gasteiger partial charge in [0.1, 0.15) is 12.2 Å². The lowest BCUT2D eigenvalue weighted by Crippen LogP contribution is -2.42. The summed E-state index contributed by atoms with van der Waals surface area (Å²) in [5.41, 5.74) is 0. The molecule has 0 bridgehead atoms. The molecule has 1 heterocycles. The molecule has 0 saturated carbocycles. The third kappa shape index (κ3) is 35.4. The smallest absolute Gasteiger partial charge is 0.306 e. The molecule has 9 nitrogen and oxygen atoms in total. The van der Waals surface area contributed by atoms with E-state index in [-0.39, 0.29) is 30.1 Å². The van der Waals surface area contributed by atoms with Gasteiger partial charge in [0, 0.05) is 32.4 Å². The second kappa shape index (κ2) is 42.2. The van der Waals surface area contributed by atoms with E-state index in [1.807, 2.05) is 0 Å². The minimum atomic E-state index is -0.0588. The number of unbranched alkanes of at least 4 members (excludes halogenated alkanes) is 23. The lowest BCUT2D eigenvalue weighted by molar-refractivity contribution is -0.150. The molecule has 60 heavy (non-hydrogen) atoms. The van der Waals surface area contributed by atoms with Crippen molar-refractivity contribution < 1.29 is 23.9 Å². The van der Waals surface area contributed by atoms with E-state index in [1.165, 1.54) is 128 Å². The van der Waals surface area contributed by atoms with Gasteiger partial charge < -0.3 is 25.0 Å². The van der Waals surface area contributed by atoms with Gasteiger partial charge in [-0.2, -0.15) is 4.99 Å². The quantitative estimate of drug-likeness (QED) is 0.0461. The highest BCUT2D eigenvalue weighted by Gasteiger charge is 2.16. The minimum Gasteiger partial charge on any atom is -0.462 e. The summed E-state index contributed by atoms with van der Waals surface area (Å²) in [5, 5.41) is 6.49. The molecule has 1 rings (SSSR count). The van der Waals surface area contributed by atoms with E-state index < -0.39 is 0 Å². The Morgan fingerprint density at radius 2 is 0.950 bits per heavy atom. The number of aliphatic imine (C=N–C) groups is 1. The van der Waals surface area contributed by atoms with Crippen molar-refractivity contribution in [1.29, 1.82) is 0 Å². The van der Waals surface area contributed by atoms with Crippen LogP contribution in [-0.4, -0.2) is 73.6 Å². The number of esters is 2. The van der Waals surface area contributed by atoms with Crippen molar-refractivity contribution in [3.05, 3.63) is 0 Å². The highest BCUT2D eigenvalue weighted by molar-refractivity contribution is 5.95. The van der Waals surface area contributed by atoms with Crippen LogP contribution in [0, 0.1) is 0 Å². The molecule has 9 heteroatoms. The fourth-order valence-corrected chi connectivity index (χ4v) is 8.28. The maximum Gasteiger partial charge on any atom is 0.306 e. The molecule has 352 valence electrons. The van der Waals surface area contributed by atoms with Crippen LogP contribution in [0.5, 0.6) is 0 Å². The molecule has 0 aromatic carbocycles. The van der Waals surface area contributed by atoms with Gasteiger partial charge in [0.25, 0.3) is 5.91 Å². The van der Waals surface area contributed by atoms with Gasteiger partial charge in [0.2, 0.25) is 0 Å². The van der Waals surface area contributed by atoms with E-state index in [0.29, 0.717) is 31.8 Å². The Bertz CT molecular complexity index is 1020. The van der Waals surface area contributed by atoms with Crippen molar-refractivity contribution in [1.82, 2.24) is 15.5 Å². The fraction of sp³-hybridized carbons (Fsp3) is 0.922. The third-order valence-corrected chi connectivity index (χ3v) is 12.2. The zero-order valence-corrected chi connectivity index (χ0v) is 40.1. The molecular formula is C51H98N4O5. The third-order valence-electron chi connectivity index (χ3n) is 12.2. The average Bonchev–Trinajstić information content (AvgIpc) is 3.24. The van der Waals surface area contributed by atoms with E-state index in [1.54, 1.807) is 0 Å². The normalized spacial score (nSPS) is 13.4. The maximum absolute atomic E-state index is 12.9. The molecular weight excluding hydrogens is 749 g/mol. The monoisotopic (exact) mass is 847 g/mol. The standard InChI is InChI=1S/C51H98N4O5/c1-5-9-12-15-20-27-35-46(8-4)59-49(57)38-30-23-18-25-32-43-55(45-34-41-52-51-53-42-40-48(56)54-51)44-33-26-19-24-31-39-50(58)60-47(36-28-21-16-13-10-6-2)37-29-22-17-14-11-7-3/h46-47H,5-45H2,1-4H3,(H2,52,53,54,56). The zero-order valence-electron chi connectivity index (χ0n) is 40.1. The Labute approximate surface area is 370 Å². The Balaban J connectivity index is 2.36. The summed E-state index contributed by atoms with van der Waals surface area (Å²) in [6, 6.07) is 0. The second-order valence-electron chi connectivity index (χ2n) is 18.0. The van der Waals surface area contributed by atoms with Crippen molar-refractivity contribution in [2.45, 2.75) is 271 Å². The van der Waals surface area contributed by atoms with Crippen LogP contribution < -0.4 is 10.6 Å². The number of carbonyl (C=O) groups is 3. The van der Waals surface area contributed by atoms with Crippen LogP contribution in [0.25, 0.3) is 0 Å². The number of ether oxygens (including phenoxy) is 2. The fourth-order valence-electron chi connectivity index (χ4n) is 8.28. The topological polar surface area (TPSA) is 109 Å². The van der Waals surface area contributed by atoms with Gasteiger partial charge in [-0.1, -0.05) is 163 Å². The first-order chi connectivity index (χ1) is 29.4. The van der Waals surface area contributed by atoms with Crippen LogP contribution >= 0.6 is 0 Å². The summed E-state index contributed by atoms with van der Waals surface area (Å²) >= 11 is 0. The van der Waals surface area contributed by atoms with Crippen molar-refractivity contribution in [3.8, 4) is 0 Å². The summed E-state index contributed by atoms with van der Waals surface area (Å²) in [7, 11) is 0. The Kier molecular flexibility index (Phi) is 39.2. The van der Waals surface area contributed by atoms with Gasteiger partial charge in [0.15, 0.2) is 5.96 Å². The average molecular weight is 847 g/mol. The molecule has 0 saturated heterocycles. The first kappa shape index (κ1) is 55.9. The zero-order chi connectivity index (χ0) is 43.6. The summed E-state index contributed by atoms with van der Waals surface area (Å²) in [6.45, 7) is 13.5. The summed E-state index contributed by atoms with van der Waals surface area (Å²) in [4.78, 5) is 43.7.